The van der Waals surface area contributed by atoms with E-state index in [1.807, 2.05) is 0 Å². The van der Waals surface area contributed by atoms with Gasteiger partial charge in [0, 0.05) is 12.2 Å². The molecule has 0 aliphatic heterocycles. The molecule has 4 unspecified atom stereocenters. The van der Waals surface area contributed by atoms with Crippen LogP contribution in [0.2, 0.25) is 0 Å². The topological polar surface area (TPSA) is 208 Å². The van der Waals surface area contributed by atoms with Crippen molar-refractivity contribution in [2.75, 3.05) is 12.3 Å². The number of rotatable bonds is 12. The largest absolute Gasteiger partial charge is 0.481 e. The van der Waals surface area contributed by atoms with Crippen molar-refractivity contribution in [1.82, 2.24) is 16.0 Å². The SMILES string of the molecule is CC(O)C(NC(=O)CNC(=O)C(N)CCC(=O)O)C(=O)NC(CS)C(=O)O. The number of carbonyl (C=O) groups excluding carboxylic acids is 3. The number of carboxylic acid groups (broad SMARTS) is 2. The summed E-state index contributed by atoms with van der Waals surface area (Å²) in [6.07, 6.45) is -1.79. The monoisotopic (exact) mass is 408 g/mol. The van der Waals surface area contributed by atoms with Crippen LogP contribution in [0.3, 0.4) is 0 Å². The van der Waals surface area contributed by atoms with Crippen LogP contribution < -0.4 is 21.7 Å². The van der Waals surface area contributed by atoms with E-state index in [1.54, 1.807) is 0 Å². The standard InChI is InChI=1S/C14H24N4O8S/c1-6(19)11(13(24)17-8(5-27)14(25)26)18-9(20)4-16-12(23)7(15)2-3-10(21)22/h6-8,11,19,27H,2-5,15H2,1H3,(H,16,23)(H,17,24)(H,18,20)(H,21,22)(H,25,26). The molecule has 0 fully saturated rings. The van der Waals surface area contributed by atoms with E-state index in [-0.39, 0.29) is 18.6 Å². The summed E-state index contributed by atoms with van der Waals surface area (Å²) < 4.78 is 0. The summed E-state index contributed by atoms with van der Waals surface area (Å²) in [7, 11) is 0. The maximum Gasteiger partial charge on any atom is 0.327 e. The quantitative estimate of drug-likeness (QED) is 0.152. The number of aliphatic carboxylic acids is 2. The normalized spacial score (nSPS) is 15.0. The van der Waals surface area contributed by atoms with Crippen molar-refractivity contribution in [2.24, 2.45) is 5.73 Å². The minimum atomic E-state index is -1.46. The molecule has 0 aromatic carbocycles. The molecule has 0 bridgehead atoms. The molecule has 27 heavy (non-hydrogen) atoms. The van der Waals surface area contributed by atoms with Crippen molar-refractivity contribution in [3.63, 3.8) is 0 Å². The van der Waals surface area contributed by atoms with Gasteiger partial charge in [-0.25, -0.2) is 4.79 Å². The Morgan fingerprint density at radius 1 is 1.07 bits per heavy atom. The first kappa shape index (κ1) is 24.6. The Morgan fingerprint density at radius 3 is 2.11 bits per heavy atom. The molecule has 3 amide bonds. The first-order chi connectivity index (χ1) is 12.5. The van der Waals surface area contributed by atoms with Crippen LogP contribution in [-0.4, -0.2) is 81.5 Å². The van der Waals surface area contributed by atoms with Crippen LogP contribution in [0.5, 0.6) is 0 Å². The van der Waals surface area contributed by atoms with Crippen LogP contribution in [0.15, 0.2) is 0 Å². The molecule has 8 N–H and O–H groups in total. The first-order valence-electron chi connectivity index (χ1n) is 7.86. The van der Waals surface area contributed by atoms with Crippen LogP contribution in [-0.2, 0) is 24.0 Å². The molecular weight excluding hydrogens is 384 g/mol. The highest BCUT2D eigenvalue weighted by molar-refractivity contribution is 7.80. The Morgan fingerprint density at radius 2 is 1.67 bits per heavy atom. The zero-order valence-electron chi connectivity index (χ0n) is 14.5. The van der Waals surface area contributed by atoms with Gasteiger partial charge in [0.05, 0.1) is 18.7 Å². The second kappa shape index (κ2) is 12.1. The average Bonchev–Trinajstić information content (AvgIpc) is 2.58. The highest BCUT2D eigenvalue weighted by Gasteiger charge is 2.29. The molecular formula is C14H24N4O8S. The van der Waals surface area contributed by atoms with Crippen molar-refractivity contribution in [3.05, 3.63) is 0 Å². The molecule has 0 aliphatic carbocycles. The van der Waals surface area contributed by atoms with Crippen LogP contribution in [0.1, 0.15) is 19.8 Å². The third-order valence-electron chi connectivity index (χ3n) is 3.31. The molecule has 0 saturated heterocycles. The third kappa shape index (κ3) is 9.77. The van der Waals surface area contributed by atoms with E-state index in [9.17, 15) is 29.1 Å². The summed E-state index contributed by atoms with van der Waals surface area (Å²) >= 11 is 3.78. The third-order valence-corrected chi connectivity index (χ3v) is 3.67. The Hall–Kier alpha value is -2.38. The van der Waals surface area contributed by atoms with Gasteiger partial charge in [-0.1, -0.05) is 0 Å². The maximum absolute atomic E-state index is 12.0. The molecule has 13 heteroatoms. The second-order valence-corrected chi connectivity index (χ2v) is 5.99. The van der Waals surface area contributed by atoms with Crippen molar-refractivity contribution < 1.29 is 39.3 Å². The van der Waals surface area contributed by atoms with Crippen molar-refractivity contribution >= 4 is 42.3 Å². The molecule has 154 valence electrons. The lowest BCUT2D eigenvalue weighted by atomic mass is 10.1. The molecule has 0 aromatic rings. The minimum Gasteiger partial charge on any atom is -0.481 e. The summed E-state index contributed by atoms with van der Waals surface area (Å²) in [4.78, 5) is 56.9. The highest BCUT2D eigenvalue weighted by atomic mass is 32.1. The van der Waals surface area contributed by atoms with Crippen LogP contribution >= 0.6 is 12.6 Å². The molecule has 12 nitrogen and oxygen atoms in total. The summed E-state index contributed by atoms with van der Waals surface area (Å²) in [6.45, 7) is 0.631. The second-order valence-electron chi connectivity index (χ2n) is 5.62. The van der Waals surface area contributed by atoms with E-state index in [4.69, 9.17) is 15.9 Å². The van der Waals surface area contributed by atoms with E-state index < -0.39 is 60.4 Å². The fourth-order valence-electron chi connectivity index (χ4n) is 1.79. The molecule has 0 saturated carbocycles. The number of amides is 3. The smallest absolute Gasteiger partial charge is 0.327 e. The molecule has 0 rings (SSSR count). The summed E-state index contributed by atoms with van der Waals surface area (Å²) in [5.74, 6) is -5.20. The van der Waals surface area contributed by atoms with Gasteiger partial charge in [-0.3, -0.25) is 19.2 Å². The lowest BCUT2D eigenvalue weighted by Gasteiger charge is -2.23. The van der Waals surface area contributed by atoms with Gasteiger partial charge in [0.15, 0.2) is 0 Å². The first-order valence-corrected chi connectivity index (χ1v) is 8.49. The Kier molecular flexibility index (Phi) is 11.0. The molecule has 0 heterocycles. The number of aliphatic hydroxyl groups excluding tert-OH is 1. The fraction of sp³-hybridized carbons (Fsp3) is 0.643. The lowest BCUT2D eigenvalue weighted by molar-refractivity contribution is -0.142. The van der Waals surface area contributed by atoms with E-state index in [1.165, 1.54) is 6.92 Å². The van der Waals surface area contributed by atoms with Crippen LogP contribution in [0, 0.1) is 0 Å². The van der Waals surface area contributed by atoms with Crippen LogP contribution in [0.4, 0.5) is 0 Å². The maximum atomic E-state index is 12.0. The van der Waals surface area contributed by atoms with E-state index in [0.717, 1.165) is 0 Å². The zero-order chi connectivity index (χ0) is 21.1. The number of aliphatic hydroxyl groups is 1. The number of carbonyl (C=O) groups is 5. The molecule has 0 radical (unpaired) electrons. The summed E-state index contributed by atoms with van der Waals surface area (Å²) in [6, 6.07) is -3.90. The Bertz CT molecular complexity index is 571. The summed E-state index contributed by atoms with van der Waals surface area (Å²) in [5, 5.41) is 33.5. The van der Waals surface area contributed by atoms with E-state index in [2.05, 4.69) is 28.6 Å². The molecule has 4 atom stereocenters. The lowest BCUT2D eigenvalue weighted by Crippen LogP contribution is -2.57. The van der Waals surface area contributed by atoms with Gasteiger partial charge in [-0.2, -0.15) is 12.6 Å². The number of hydrogen-bond donors (Lipinski definition) is 8. The fourth-order valence-corrected chi connectivity index (χ4v) is 2.03. The number of carboxylic acids is 2. The van der Waals surface area contributed by atoms with E-state index >= 15 is 0 Å². The van der Waals surface area contributed by atoms with Gasteiger partial charge < -0.3 is 37.0 Å². The number of nitrogens with one attached hydrogen (secondary N) is 3. The van der Waals surface area contributed by atoms with Crippen molar-refractivity contribution in [3.8, 4) is 0 Å². The van der Waals surface area contributed by atoms with E-state index in [0.29, 0.717) is 0 Å². The van der Waals surface area contributed by atoms with Gasteiger partial charge in [-0.15, -0.1) is 0 Å². The van der Waals surface area contributed by atoms with Gasteiger partial charge in [0.1, 0.15) is 12.1 Å². The number of thiol groups is 1. The molecule has 0 aliphatic rings. The van der Waals surface area contributed by atoms with Crippen molar-refractivity contribution in [2.45, 2.75) is 44.0 Å². The molecule has 0 spiro atoms. The summed E-state index contributed by atoms with van der Waals surface area (Å²) in [5.41, 5.74) is 5.47. The van der Waals surface area contributed by atoms with Gasteiger partial charge in [0.25, 0.3) is 0 Å². The Balaban J connectivity index is 4.63. The van der Waals surface area contributed by atoms with Gasteiger partial charge in [-0.05, 0) is 13.3 Å². The number of hydrogen-bond acceptors (Lipinski definition) is 8. The van der Waals surface area contributed by atoms with Gasteiger partial charge in [0.2, 0.25) is 17.7 Å². The minimum absolute atomic E-state index is 0.123. The van der Waals surface area contributed by atoms with Crippen LogP contribution in [0.25, 0.3) is 0 Å². The zero-order valence-corrected chi connectivity index (χ0v) is 15.4. The Labute approximate surface area is 160 Å². The average molecular weight is 408 g/mol. The number of nitrogens with two attached hydrogens (primary N) is 1. The van der Waals surface area contributed by atoms with Gasteiger partial charge >= 0.3 is 11.9 Å². The predicted molar refractivity (Wildman–Crippen MR) is 94.9 cm³/mol. The predicted octanol–water partition coefficient (Wildman–Crippen LogP) is -3.34. The highest BCUT2D eigenvalue weighted by Crippen LogP contribution is 1.97. The molecule has 0 aromatic heterocycles. The van der Waals surface area contributed by atoms with Crippen molar-refractivity contribution in [1.29, 1.82) is 0 Å².